The van der Waals surface area contributed by atoms with Crippen LogP contribution >= 0.6 is 39.1 Å². The van der Waals surface area contributed by atoms with Gasteiger partial charge >= 0.3 is 7.12 Å². The lowest BCUT2D eigenvalue weighted by Crippen LogP contribution is -2.29. The van der Waals surface area contributed by atoms with Gasteiger partial charge < -0.3 is 31.9 Å². The quantitative estimate of drug-likeness (QED) is 0.0615. The van der Waals surface area contributed by atoms with Crippen molar-refractivity contribution in [2.24, 2.45) is 0 Å². The second-order valence-corrected chi connectivity index (χ2v) is 25.9. The molecule has 5 aromatic heterocycles. The molecule has 0 amide bonds. The van der Waals surface area contributed by atoms with Crippen molar-refractivity contribution in [3.8, 4) is 55.9 Å². The number of aromatic nitrogens is 8. The number of hydrogen-bond donors (Lipinski definition) is 3. The molecule has 0 unspecified atom stereocenters. The highest BCUT2D eigenvalue weighted by atomic mass is 79.9. The van der Waals surface area contributed by atoms with Crippen molar-refractivity contribution < 1.29 is 10.0 Å². The molecule has 0 bridgehead atoms. The second kappa shape index (κ2) is 35.2. The van der Waals surface area contributed by atoms with Gasteiger partial charge in [0.2, 0.25) is 16.5 Å². The van der Waals surface area contributed by atoms with Crippen LogP contribution in [-0.2, 0) is 0 Å². The Morgan fingerprint density at radius 1 is 0.308 bits per heavy atom. The van der Waals surface area contributed by atoms with Gasteiger partial charge in [-0.2, -0.15) is 0 Å². The summed E-state index contributed by atoms with van der Waals surface area (Å²) < 4.78 is 5.50. The lowest BCUT2D eigenvalue weighted by molar-refractivity contribution is 0.426. The second-order valence-electron chi connectivity index (χ2n) is 24.3. The largest absolute Gasteiger partial charge is 0.488 e. The van der Waals surface area contributed by atoms with Crippen molar-refractivity contribution in [3.63, 3.8) is 0 Å². The summed E-state index contributed by atoms with van der Waals surface area (Å²) in [6.07, 6.45) is 10.4. The lowest BCUT2D eigenvalue weighted by atomic mass is 9.81. The van der Waals surface area contributed by atoms with Gasteiger partial charge in [-0.25, -0.2) is 29.9 Å². The van der Waals surface area contributed by atoms with Gasteiger partial charge in [0.1, 0.15) is 0 Å². The molecule has 0 aliphatic rings. The van der Waals surface area contributed by atoms with Crippen molar-refractivity contribution in [3.05, 3.63) is 405 Å². The van der Waals surface area contributed by atoms with Crippen molar-refractivity contribution in [2.45, 2.75) is 0 Å². The monoisotopic (exact) mass is 1490 g/mol. The molecule has 107 heavy (non-hydrogen) atoms. The number of anilines is 5. The SMILES string of the molecule is Clc1ncc(-c2ccccc2)cn1.Clc1ncc(Br)cn1.OB(O)c1ccccc1.[CH3-].c1ccc(-c2ccc(N(c3ccc4c(c3)c3ccccc3n4-c3ccccc3)c3ncc(-c4ccccc4)cn3)cc2)cc1.c1ccc(-c2ccc(Nc3ccc4c(c3)c3ccccc3n4-c3ccccc3)cc2)cc1. The molecule has 5 heterocycles. The fourth-order valence-corrected chi connectivity index (χ4v) is 12.8. The number of nitrogens with one attached hydrogen (secondary N) is 1. The summed E-state index contributed by atoms with van der Waals surface area (Å²) in [5.41, 5.74) is 20.7. The summed E-state index contributed by atoms with van der Waals surface area (Å²) in [4.78, 5) is 27.1. The Bertz CT molecular complexity index is 5730. The van der Waals surface area contributed by atoms with Crippen LogP contribution in [0.15, 0.2) is 387 Å². The number of fused-ring (bicyclic) bond motifs is 6. The topological polar surface area (TPSA) is 143 Å². The van der Waals surface area contributed by atoms with Crippen LogP contribution in [0.2, 0.25) is 10.6 Å². The molecule has 13 aromatic carbocycles. The number of para-hydroxylation sites is 4. The zero-order valence-corrected chi connectivity index (χ0v) is 61.1. The average molecular weight is 1500 g/mol. The Kier molecular flexibility index (Phi) is 23.9. The van der Waals surface area contributed by atoms with Gasteiger partial charge in [0.05, 0.1) is 26.5 Å². The van der Waals surface area contributed by atoms with E-state index in [1.165, 1.54) is 60.5 Å². The maximum atomic E-state index is 8.58. The molecule has 18 rings (SSSR count). The normalized spacial score (nSPS) is 10.6. The average Bonchev–Trinajstić information content (AvgIpc) is 1.58. The van der Waals surface area contributed by atoms with Gasteiger partial charge in [-0.05, 0) is 175 Å². The van der Waals surface area contributed by atoms with E-state index in [0.717, 1.165) is 66.2 Å². The standard InChI is InChI=1S/C40H28N4.C30H22N2.C10H7ClN2.C6H7BO2.C4H2BrClN2.CH3/c1-4-12-29(13-5-1)31-20-22-34(23-21-31)43(40-41-27-32(28-42-40)30-14-6-2-7-15-30)35-24-25-39-37(26-35)36-18-10-11-19-38(36)44(39)33-16-8-3-9-17-33;1-3-9-22(10-4-1)23-15-17-24(18-16-23)31-25-19-20-30-28(21-25)27-13-7-8-14-29(27)32(30)26-11-5-2-6-12-26;11-10-12-6-9(7-13-10)8-4-2-1-3-5-8;8-7(9)6-4-2-1-3-5-6;5-3-1-7-4(6)8-2-3;/h1-28H;1-21,31H;1-7H;1-5,8-9H;1-2H;1H3/q;;;;;-1. The molecule has 0 saturated heterocycles. The lowest BCUT2D eigenvalue weighted by Gasteiger charge is -2.24. The van der Waals surface area contributed by atoms with E-state index in [1.807, 2.05) is 79.1 Å². The van der Waals surface area contributed by atoms with Crippen LogP contribution in [-0.4, -0.2) is 56.2 Å². The van der Waals surface area contributed by atoms with Crippen molar-refractivity contribution in [1.29, 1.82) is 0 Å². The van der Waals surface area contributed by atoms with E-state index in [9.17, 15) is 0 Å². The first-order valence-corrected chi connectivity index (χ1v) is 35.7. The molecule has 0 fully saturated rings. The Hall–Kier alpha value is -12.7. The fraction of sp³-hybridized carbons (Fsp3) is 0. The molecular formula is C91H69BBrCl2N10O2-. The van der Waals surface area contributed by atoms with Gasteiger partial charge in [-0.1, -0.05) is 249 Å². The summed E-state index contributed by atoms with van der Waals surface area (Å²) >= 11 is 14.1. The molecule has 0 radical (unpaired) electrons. The highest BCUT2D eigenvalue weighted by Gasteiger charge is 2.20. The molecule has 16 heteroatoms. The smallest absolute Gasteiger partial charge is 0.423 e. The van der Waals surface area contributed by atoms with Crippen LogP contribution in [0.4, 0.5) is 28.7 Å². The number of hydrogen-bond acceptors (Lipinski definition) is 10. The molecule has 0 aliphatic carbocycles. The molecule has 3 N–H and O–H groups in total. The van der Waals surface area contributed by atoms with Gasteiger partial charge in [0, 0.05) is 104 Å². The Labute approximate surface area is 640 Å². The summed E-state index contributed by atoms with van der Waals surface area (Å²) in [6, 6.07) is 119. The van der Waals surface area contributed by atoms with E-state index in [-0.39, 0.29) is 18.0 Å². The summed E-state index contributed by atoms with van der Waals surface area (Å²) in [6.45, 7) is 0. The zero-order valence-electron chi connectivity index (χ0n) is 58.0. The van der Waals surface area contributed by atoms with Crippen LogP contribution in [0.3, 0.4) is 0 Å². The molecule has 18 aromatic rings. The van der Waals surface area contributed by atoms with Gasteiger partial charge in [0.15, 0.2) is 0 Å². The van der Waals surface area contributed by atoms with Gasteiger partial charge in [0.25, 0.3) is 0 Å². The van der Waals surface area contributed by atoms with E-state index >= 15 is 0 Å². The number of nitrogens with zero attached hydrogens (tertiary/aromatic N) is 9. The fourth-order valence-electron chi connectivity index (χ4n) is 12.4. The van der Waals surface area contributed by atoms with Crippen molar-refractivity contribution >= 4 is 124 Å². The number of benzene rings is 13. The maximum absolute atomic E-state index is 8.58. The molecule has 0 atom stereocenters. The minimum Gasteiger partial charge on any atom is -0.423 e. The molecule has 520 valence electrons. The molecule has 0 spiro atoms. The highest BCUT2D eigenvalue weighted by Crippen LogP contribution is 2.40. The Balaban J connectivity index is 0.000000138. The molecule has 0 aliphatic heterocycles. The number of rotatable bonds is 12. The molecule has 0 saturated carbocycles. The van der Waals surface area contributed by atoms with Crippen LogP contribution in [0.5, 0.6) is 0 Å². The minimum atomic E-state index is -1.34. The molecule has 12 nitrogen and oxygen atoms in total. The van der Waals surface area contributed by atoms with Crippen LogP contribution < -0.4 is 15.7 Å². The van der Waals surface area contributed by atoms with Crippen molar-refractivity contribution in [1.82, 2.24) is 39.0 Å². The third-order valence-corrected chi connectivity index (χ3v) is 18.3. The first kappa shape index (κ1) is 72.7. The minimum absolute atomic E-state index is 0. The van der Waals surface area contributed by atoms with Crippen molar-refractivity contribution in [2.75, 3.05) is 10.2 Å². The van der Waals surface area contributed by atoms with Gasteiger partial charge in [-0.3, -0.25) is 4.90 Å². The third-order valence-electron chi connectivity index (χ3n) is 17.5. The van der Waals surface area contributed by atoms with Gasteiger partial charge in [-0.15, -0.1) is 0 Å². The third kappa shape index (κ3) is 17.8. The number of halogens is 3. The van der Waals surface area contributed by atoms with E-state index in [0.29, 0.717) is 11.4 Å². The predicted octanol–water partition coefficient (Wildman–Crippen LogP) is 23.1. The van der Waals surface area contributed by atoms with E-state index < -0.39 is 7.12 Å². The summed E-state index contributed by atoms with van der Waals surface area (Å²) in [5, 5.41) is 26.2. The first-order valence-electron chi connectivity index (χ1n) is 34.2. The molecular weight excluding hydrogens is 1430 g/mol. The Morgan fingerprint density at radius 3 is 1.07 bits per heavy atom. The Morgan fingerprint density at radius 2 is 0.636 bits per heavy atom. The highest BCUT2D eigenvalue weighted by molar-refractivity contribution is 9.10. The van der Waals surface area contributed by atoms with Crippen LogP contribution in [0.25, 0.3) is 99.5 Å². The van der Waals surface area contributed by atoms with E-state index in [4.69, 9.17) is 43.2 Å². The van der Waals surface area contributed by atoms with Crippen LogP contribution in [0, 0.1) is 7.43 Å². The predicted molar refractivity (Wildman–Crippen MR) is 448 cm³/mol. The summed E-state index contributed by atoms with van der Waals surface area (Å²) in [5.74, 6) is 0.614. The van der Waals surface area contributed by atoms with Crippen LogP contribution in [0.1, 0.15) is 0 Å². The zero-order chi connectivity index (χ0) is 72.4. The van der Waals surface area contributed by atoms with E-state index in [2.05, 4.69) is 310 Å². The maximum Gasteiger partial charge on any atom is 0.488 e. The summed E-state index contributed by atoms with van der Waals surface area (Å²) in [7, 11) is -1.34. The van der Waals surface area contributed by atoms with E-state index in [1.54, 1.807) is 49.1 Å². The first-order chi connectivity index (χ1) is 52.1.